The van der Waals surface area contributed by atoms with Crippen LogP contribution in [0.1, 0.15) is 13.3 Å². The van der Waals surface area contributed by atoms with Crippen molar-refractivity contribution in [1.82, 2.24) is 0 Å². The van der Waals surface area contributed by atoms with Gasteiger partial charge in [-0.3, -0.25) is 4.99 Å². The SMILES string of the molecule is C=C/C(=C\C=NC)OC1C=CC=C(C)C1. The minimum absolute atomic E-state index is 0.115. The van der Waals surface area contributed by atoms with Crippen molar-refractivity contribution < 1.29 is 4.74 Å². The first-order chi connectivity index (χ1) is 7.26. The lowest BCUT2D eigenvalue weighted by atomic mass is 10.0. The maximum atomic E-state index is 5.74. The van der Waals surface area contributed by atoms with Gasteiger partial charge in [-0.25, -0.2) is 0 Å². The second-order valence-electron chi connectivity index (χ2n) is 3.44. The molecule has 0 N–H and O–H groups in total. The number of hydrogen-bond donors (Lipinski definition) is 0. The van der Waals surface area contributed by atoms with E-state index in [0.29, 0.717) is 0 Å². The summed E-state index contributed by atoms with van der Waals surface area (Å²) >= 11 is 0. The highest BCUT2D eigenvalue weighted by Crippen LogP contribution is 2.17. The normalized spacial score (nSPS) is 21.6. The molecule has 1 atom stereocenters. The first kappa shape index (κ1) is 11.5. The molecule has 0 aromatic rings. The lowest BCUT2D eigenvalue weighted by Gasteiger charge is -2.18. The fraction of sp³-hybridized carbons (Fsp3) is 0.308. The molecule has 0 amide bonds. The van der Waals surface area contributed by atoms with E-state index in [2.05, 4.69) is 24.6 Å². The van der Waals surface area contributed by atoms with E-state index < -0.39 is 0 Å². The minimum atomic E-state index is 0.115. The Kier molecular flexibility index (Phi) is 4.61. The zero-order valence-corrected chi connectivity index (χ0v) is 9.31. The average Bonchev–Trinajstić information content (AvgIpc) is 2.24. The summed E-state index contributed by atoms with van der Waals surface area (Å²) in [6.45, 7) is 5.81. The van der Waals surface area contributed by atoms with E-state index in [1.165, 1.54) is 5.57 Å². The number of aliphatic imine (C=N–C) groups is 1. The summed E-state index contributed by atoms with van der Waals surface area (Å²) in [5, 5.41) is 0. The number of nitrogens with zero attached hydrogens (tertiary/aromatic N) is 1. The lowest BCUT2D eigenvalue weighted by Crippen LogP contribution is -2.11. The monoisotopic (exact) mass is 203 g/mol. The molecule has 0 aliphatic heterocycles. The van der Waals surface area contributed by atoms with Crippen molar-refractivity contribution in [2.45, 2.75) is 19.4 Å². The standard InChI is InChI=1S/C13H17NO/c1-4-12(8-9-14-3)15-13-7-5-6-11(2)10-13/h4-9,13H,1,10H2,2-3H3/b12-8+,14-9?. The topological polar surface area (TPSA) is 21.6 Å². The molecular formula is C13H17NO. The van der Waals surface area contributed by atoms with Gasteiger partial charge < -0.3 is 4.74 Å². The van der Waals surface area contributed by atoms with E-state index in [-0.39, 0.29) is 6.10 Å². The molecule has 0 fully saturated rings. The Labute approximate surface area is 91.4 Å². The van der Waals surface area contributed by atoms with Crippen molar-refractivity contribution in [3.05, 3.63) is 48.3 Å². The van der Waals surface area contributed by atoms with Gasteiger partial charge in [-0.15, -0.1) is 0 Å². The van der Waals surface area contributed by atoms with Gasteiger partial charge in [-0.2, -0.15) is 0 Å². The first-order valence-electron chi connectivity index (χ1n) is 5.01. The van der Waals surface area contributed by atoms with Crippen molar-refractivity contribution in [2.75, 3.05) is 7.05 Å². The average molecular weight is 203 g/mol. The molecule has 80 valence electrons. The third-order valence-electron chi connectivity index (χ3n) is 2.11. The van der Waals surface area contributed by atoms with Crippen LogP contribution >= 0.6 is 0 Å². The van der Waals surface area contributed by atoms with Crippen molar-refractivity contribution >= 4 is 6.21 Å². The van der Waals surface area contributed by atoms with Gasteiger partial charge >= 0.3 is 0 Å². The quantitative estimate of drug-likeness (QED) is 0.391. The third-order valence-corrected chi connectivity index (χ3v) is 2.11. The fourth-order valence-corrected chi connectivity index (χ4v) is 1.36. The molecule has 0 saturated carbocycles. The van der Waals surface area contributed by atoms with E-state index in [9.17, 15) is 0 Å². The second-order valence-corrected chi connectivity index (χ2v) is 3.44. The predicted molar refractivity (Wildman–Crippen MR) is 65.1 cm³/mol. The Balaban J connectivity index is 2.57. The maximum absolute atomic E-state index is 5.74. The molecule has 1 unspecified atom stereocenters. The molecule has 2 nitrogen and oxygen atoms in total. The van der Waals surface area contributed by atoms with Crippen molar-refractivity contribution in [3.63, 3.8) is 0 Å². The highest BCUT2D eigenvalue weighted by atomic mass is 16.5. The highest BCUT2D eigenvalue weighted by Gasteiger charge is 2.09. The number of allylic oxidation sites excluding steroid dienone is 4. The van der Waals surface area contributed by atoms with Crippen LogP contribution in [0.4, 0.5) is 0 Å². The van der Waals surface area contributed by atoms with Gasteiger partial charge in [0.05, 0.1) is 0 Å². The van der Waals surface area contributed by atoms with Gasteiger partial charge in [0, 0.05) is 19.7 Å². The summed E-state index contributed by atoms with van der Waals surface area (Å²) in [5.74, 6) is 0.755. The molecule has 1 aliphatic carbocycles. The Hall–Kier alpha value is -1.57. The molecule has 2 heteroatoms. The number of ether oxygens (including phenoxy) is 1. The van der Waals surface area contributed by atoms with E-state index in [4.69, 9.17) is 4.74 Å². The Bertz CT molecular complexity index is 334. The first-order valence-corrected chi connectivity index (χ1v) is 5.01. The van der Waals surface area contributed by atoms with Gasteiger partial charge in [-0.1, -0.05) is 24.3 Å². The van der Waals surface area contributed by atoms with Crippen LogP contribution in [0.3, 0.4) is 0 Å². The molecule has 0 heterocycles. The molecule has 0 bridgehead atoms. The van der Waals surface area contributed by atoms with E-state index in [1.807, 2.05) is 18.2 Å². The molecule has 0 radical (unpaired) electrons. The van der Waals surface area contributed by atoms with Crippen molar-refractivity contribution in [1.29, 1.82) is 0 Å². The van der Waals surface area contributed by atoms with Gasteiger partial charge in [0.2, 0.25) is 0 Å². The summed E-state index contributed by atoms with van der Waals surface area (Å²) in [7, 11) is 1.73. The van der Waals surface area contributed by atoms with Crippen LogP contribution in [0.2, 0.25) is 0 Å². The third kappa shape index (κ3) is 3.98. The largest absolute Gasteiger partial charge is 0.486 e. The van der Waals surface area contributed by atoms with Crippen LogP contribution in [0.5, 0.6) is 0 Å². The van der Waals surface area contributed by atoms with Crippen molar-refractivity contribution in [3.8, 4) is 0 Å². The zero-order chi connectivity index (χ0) is 11.1. The number of hydrogen-bond acceptors (Lipinski definition) is 2. The van der Waals surface area contributed by atoms with Gasteiger partial charge in [0.1, 0.15) is 11.9 Å². The number of rotatable bonds is 4. The summed E-state index contributed by atoms with van der Waals surface area (Å²) in [6, 6.07) is 0. The Morgan fingerprint density at radius 3 is 3.07 bits per heavy atom. The summed E-state index contributed by atoms with van der Waals surface area (Å²) in [5.41, 5.74) is 1.33. The summed E-state index contributed by atoms with van der Waals surface area (Å²) in [6.07, 6.45) is 12.4. The van der Waals surface area contributed by atoms with E-state index in [0.717, 1.165) is 12.2 Å². The minimum Gasteiger partial charge on any atom is -0.486 e. The van der Waals surface area contributed by atoms with Gasteiger partial charge in [-0.05, 0) is 25.2 Å². The lowest BCUT2D eigenvalue weighted by molar-refractivity contribution is 0.164. The smallest absolute Gasteiger partial charge is 0.121 e. The highest BCUT2D eigenvalue weighted by molar-refractivity contribution is 5.72. The van der Waals surface area contributed by atoms with E-state index >= 15 is 0 Å². The maximum Gasteiger partial charge on any atom is 0.121 e. The molecule has 1 rings (SSSR count). The van der Waals surface area contributed by atoms with Gasteiger partial charge in [0.15, 0.2) is 0 Å². The van der Waals surface area contributed by atoms with Crippen LogP contribution in [0, 0.1) is 0 Å². The molecule has 0 saturated heterocycles. The van der Waals surface area contributed by atoms with Crippen LogP contribution in [-0.2, 0) is 4.74 Å². The second kappa shape index (κ2) is 6.02. The molecule has 0 spiro atoms. The van der Waals surface area contributed by atoms with Crippen LogP contribution in [0.15, 0.2) is 53.3 Å². The van der Waals surface area contributed by atoms with Crippen LogP contribution < -0.4 is 0 Å². The molecule has 0 aromatic carbocycles. The molecular weight excluding hydrogens is 186 g/mol. The van der Waals surface area contributed by atoms with Crippen molar-refractivity contribution in [2.24, 2.45) is 4.99 Å². The summed E-state index contributed by atoms with van der Waals surface area (Å²) < 4.78 is 5.74. The Morgan fingerprint density at radius 1 is 1.67 bits per heavy atom. The summed E-state index contributed by atoms with van der Waals surface area (Å²) in [4.78, 5) is 3.87. The molecule has 15 heavy (non-hydrogen) atoms. The van der Waals surface area contributed by atoms with Gasteiger partial charge in [0.25, 0.3) is 0 Å². The zero-order valence-electron chi connectivity index (χ0n) is 9.31. The van der Waals surface area contributed by atoms with Crippen LogP contribution in [0.25, 0.3) is 0 Å². The van der Waals surface area contributed by atoms with E-state index in [1.54, 1.807) is 19.3 Å². The Morgan fingerprint density at radius 2 is 2.47 bits per heavy atom. The fourth-order valence-electron chi connectivity index (χ4n) is 1.36. The van der Waals surface area contributed by atoms with Crippen LogP contribution in [-0.4, -0.2) is 19.4 Å². The molecule has 1 aliphatic rings. The predicted octanol–water partition coefficient (Wildman–Crippen LogP) is 3.05. The molecule has 0 aromatic heterocycles.